The third-order valence-corrected chi connectivity index (χ3v) is 4.73. The summed E-state index contributed by atoms with van der Waals surface area (Å²) in [6.45, 7) is 7.74. The Bertz CT molecular complexity index is 609. The van der Waals surface area contributed by atoms with Crippen molar-refractivity contribution in [2.45, 2.75) is 52.4 Å². The van der Waals surface area contributed by atoms with Crippen LogP contribution in [0.1, 0.15) is 57.9 Å². The van der Waals surface area contributed by atoms with Gasteiger partial charge in [0.15, 0.2) is 17.3 Å². The number of Topliss-reactive ketones (excluding diaryl/α,β-unsaturated/α-hetero) is 1. The Kier molecular flexibility index (Phi) is 8.69. The second kappa shape index (κ2) is 11.0. The fraction of sp³-hybridized carbons (Fsp3) is 0.591. The number of likely N-dealkylation sites (tertiary alicyclic amines) is 1. The lowest BCUT2D eigenvalue weighted by Crippen LogP contribution is -2.36. The monoisotopic (exact) mass is 359 g/mol. The van der Waals surface area contributed by atoms with Gasteiger partial charge in [-0.25, -0.2) is 0 Å². The first kappa shape index (κ1) is 20.5. The van der Waals surface area contributed by atoms with Gasteiger partial charge >= 0.3 is 0 Å². The Balaban J connectivity index is 2.04. The number of carbonyl (C=O) groups excluding carboxylic acids is 1. The summed E-state index contributed by atoms with van der Waals surface area (Å²) < 4.78 is 11.4. The van der Waals surface area contributed by atoms with Gasteiger partial charge in [-0.3, -0.25) is 9.69 Å². The molecule has 0 spiro atoms. The Morgan fingerprint density at radius 3 is 2.69 bits per heavy atom. The molecule has 2 rings (SSSR count). The summed E-state index contributed by atoms with van der Waals surface area (Å²) in [6.07, 6.45) is 8.44. The number of methoxy groups -OCH3 is 1. The van der Waals surface area contributed by atoms with Crippen molar-refractivity contribution in [3.8, 4) is 11.5 Å². The lowest BCUT2D eigenvalue weighted by Gasteiger charge is -2.27. The van der Waals surface area contributed by atoms with Crippen molar-refractivity contribution in [2.24, 2.45) is 0 Å². The van der Waals surface area contributed by atoms with E-state index in [-0.39, 0.29) is 5.78 Å². The van der Waals surface area contributed by atoms with E-state index in [0.29, 0.717) is 13.0 Å². The lowest BCUT2D eigenvalue weighted by atomic mass is 10.00. The molecule has 1 fully saturated rings. The number of ether oxygens (including phenoxy) is 2. The molecule has 1 aliphatic rings. The normalized spacial score (nSPS) is 16.9. The van der Waals surface area contributed by atoms with Crippen molar-refractivity contribution >= 4 is 11.9 Å². The summed E-state index contributed by atoms with van der Waals surface area (Å²) >= 11 is 0. The maximum absolute atomic E-state index is 12.2. The standard InChI is InChI=1S/C22H33NO3/c1-4-6-7-8-14-26-21-10-9-18(16-22(21)25-3)15-19-17-23(12-5-2)13-11-20(19)24/h9-10,15-16H,4-8,11-14,17H2,1-3H3/b19-15+. The topological polar surface area (TPSA) is 38.8 Å². The van der Waals surface area contributed by atoms with E-state index in [1.165, 1.54) is 19.3 Å². The molecule has 1 saturated heterocycles. The van der Waals surface area contributed by atoms with Crippen LogP contribution in [0.4, 0.5) is 0 Å². The first-order valence-electron chi connectivity index (χ1n) is 9.94. The maximum atomic E-state index is 12.2. The van der Waals surface area contributed by atoms with Crippen LogP contribution in [0, 0.1) is 0 Å². The van der Waals surface area contributed by atoms with Gasteiger partial charge in [-0.05, 0) is 43.2 Å². The minimum absolute atomic E-state index is 0.257. The quantitative estimate of drug-likeness (QED) is 0.447. The smallest absolute Gasteiger partial charge is 0.161 e. The second-order valence-electron chi connectivity index (χ2n) is 6.94. The Morgan fingerprint density at radius 2 is 1.96 bits per heavy atom. The SMILES string of the molecule is CCCCCCOc1ccc(/C=C2\CN(CCC)CCC2=O)cc1OC. The number of hydrogen-bond acceptors (Lipinski definition) is 4. The van der Waals surface area contributed by atoms with Crippen LogP contribution >= 0.6 is 0 Å². The highest BCUT2D eigenvalue weighted by Crippen LogP contribution is 2.29. The number of hydrogen-bond donors (Lipinski definition) is 0. The van der Waals surface area contributed by atoms with Gasteiger partial charge in [-0.1, -0.05) is 39.2 Å². The van der Waals surface area contributed by atoms with Gasteiger partial charge in [0.25, 0.3) is 0 Å². The molecule has 144 valence electrons. The van der Waals surface area contributed by atoms with Crippen LogP contribution in [0.15, 0.2) is 23.8 Å². The van der Waals surface area contributed by atoms with Crippen molar-refractivity contribution < 1.29 is 14.3 Å². The molecule has 0 bridgehead atoms. The summed E-state index contributed by atoms with van der Waals surface area (Å²) in [5, 5.41) is 0. The lowest BCUT2D eigenvalue weighted by molar-refractivity contribution is -0.117. The highest BCUT2D eigenvalue weighted by Gasteiger charge is 2.20. The number of piperidine rings is 1. The Labute approximate surface area is 158 Å². The third kappa shape index (κ3) is 6.17. The summed E-state index contributed by atoms with van der Waals surface area (Å²) in [4.78, 5) is 14.6. The minimum atomic E-state index is 0.257. The van der Waals surface area contributed by atoms with Crippen molar-refractivity contribution in [3.63, 3.8) is 0 Å². The van der Waals surface area contributed by atoms with Crippen LogP contribution in [0.3, 0.4) is 0 Å². The van der Waals surface area contributed by atoms with Crippen molar-refractivity contribution in [1.29, 1.82) is 0 Å². The number of benzene rings is 1. The summed E-state index contributed by atoms with van der Waals surface area (Å²) in [5.74, 6) is 1.75. The molecule has 4 heteroatoms. The number of nitrogens with zero attached hydrogens (tertiary/aromatic N) is 1. The molecule has 0 atom stereocenters. The average molecular weight is 360 g/mol. The molecule has 0 amide bonds. The molecule has 0 aromatic heterocycles. The van der Waals surface area contributed by atoms with E-state index < -0.39 is 0 Å². The van der Waals surface area contributed by atoms with Gasteiger partial charge in [0.05, 0.1) is 13.7 Å². The summed E-state index contributed by atoms with van der Waals surface area (Å²) in [6, 6.07) is 5.91. The van der Waals surface area contributed by atoms with E-state index in [2.05, 4.69) is 18.7 Å². The number of ketones is 1. The van der Waals surface area contributed by atoms with E-state index in [1.54, 1.807) is 7.11 Å². The molecule has 1 aromatic carbocycles. The number of rotatable bonds is 10. The van der Waals surface area contributed by atoms with Crippen LogP contribution in [0.25, 0.3) is 6.08 Å². The molecule has 0 unspecified atom stereocenters. The first-order chi connectivity index (χ1) is 12.7. The Hall–Kier alpha value is -1.81. The van der Waals surface area contributed by atoms with Gasteiger partial charge < -0.3 is 9.47 Å². The highest BCUT2D eigenvalue weighted by atomic mass is 16.5. The van der Waals surface area contributed by atoms with Crippen LogP contribution < -0.4 is 9.47 Å². The molecule has 1 aromatic rings. The minimum Gasteiger partial charge on any atom is -0.493 e. The van der Waals surface area contributed by atoms with E-state index >= 15 is 0 Å². The zero-order valence-electron chi connectivity index (χ0n) is 16.6. The molecule has 0 radical (unpaired) electrons. The van der Waals surface area contributed by atoms with Crippen molar-refractivity contribution in [2.75, 3.05) is 33.4 Å². The van der Waals surface area contributed by atoms with E-state index in [4.69, 9.17) is 9.47 Å². The highest BCUT2D eigenvalue weighted by molar-refractivity contribution is 6.00. The largest absolute Gasteiger partial charge is 0.493 e. The third-order valence-electron chi connectivity index (χ3n) is 4.73. The van der Waals surface area contributed by atoms with Gasteiger partial charge in [-0.15, -0.1) is 0 Å². The van der Waals surface area contributed by atoms with Crippen LogP contribution in [0.2, 0.25) is 0 Å². The van der Waals surface area contributed by atoms with Gasteiger partial charge in [-0.2, -0.15) is 0 Å². The molecule has 0 N–H and O–H groups in total. The average Bonchev–Trinajstić information content (AvgIpc) is 2.65. The predicted octanol–water partition coefficient (Wildman–Crippen LogP) is 4.72. The van der Waals surface area contributed by atoms with Crippen LogP contribution in [-0.2, 0) is 4.79 Å². The summed E-state index contributed by atoms with van der Waals surface area (Å²) in [7, 11) is 1.66. The van der Waals surface area contributed by atoms with Crippen LogP contribution in [-0.4, -0.2) is 44.0 Å². The molecule has 0 aliphatic carbocycles. The fourth-order valence-corrected chi connectivity index (χ4v) is 3.27. The first-order valence-corrected chi connectivity index (χ1v) is 9.94. The Morgan fingerprint density at radius 1 is 1.12 bits per heavy atom. The van der Waals surface area contributed by atoms with Gasteiger partial charge in [0.2, 0.25) is 0 Å². The van der Waals surface area contributed by atoms with Crippen molar-refractivity contribution in [3.05, 3.63) is 29.3 Å². The molecule has 4 nitrogen and oxygen atoms in total. The molecule has 0 saturated carbocycles. The molecular weight excluding hydrogens is 326 g/mol. The van der Waals surface area contributed by atoms with E-state index in [9.17, 15) is 4.79 Å². The predicted molar refractivity (Wildman–Crippen MR) is 107 cm³/mol. The molecule has 1 heterocycles. The van der Waals surface area contributed by atoms with E-state index in [0.717, 1.165) is 55.1 Å². The van der Waals surface area contributed by atoms with Gasteiger partial charge in [0, 0.05) is 25.1 Å². The number of carbonyl (C=O) groups is 1. The van der Waals surface area contributed by atoms with Gasteiger partial charge in [0.1, 0.15) is 0 Å². The zero-order valence-corrected chi connectivity index (χ0v) is 16.6. The number of unbranched alkanes of at least 4 members (excludes halogenated alkanes) is 3. The van der Waals surface area contributed by atoms with Crippen molar-refractivity contribution in [1.82, 2.24) is 4.90 Å². The maximum Gasteiger partial charge on any atom is 0.161 e. The zero-order chi connectivity index (χ0) is 18.8. The van der Waals surface area contributed by atoms with Crippen LogP contribution in [0.5, 0.6) is 11.5 Å². The fourth-order valence-electron chi connectivity index (χ4n) is 3.27. The second-order valence-corrected chi connectivity index (χ2v) is 6.94. The molecular formula is C22H33NO3. The summed E-state index contributed by atoms with van der Waals surface area (Å²) in [5.41, 5.74) is 1.88. The molecule has 1 aliphatic heterocycles. The molecule has 26 heavy (non-hydrogen) atoms. The van der Waals surface area contributed by atoms with E-state index in [1.807, 2.05) is 24.3 Å².